The molecule has 1 aromatic carbocycles. The molecule has 0 bridgehead atoms. The number of fused-ring (bicyclic) bond motifs is 1. The van der Waals surface area contributed by atoms with Crippen molar-refractivity contribution in [1.29, 1.82) is 0 Å². The molecule has 1 unspecified atom stereocenters. The number of carbonyl (C=O) groups is 2. The summed E-state index contributed by atoms with van der Waals surface area (Å²) in [5.41, 5.74) is 1.15. The van der Waals surface area contributed by atoms with Crippen LogP contribution in [0.4, 0.5) is 5.69 Å². The molecule has 1 aromatic rings. The molecule has 0 aromatic heterocycles. The van der Waals surface area contributed by atoms with E-state index in [4.69, 9.17) is 0 Å². The second kappa shape index (κ2) is 5.99. The lowest BCUT2D eigenvalue weighted by Gasteiger charge is -2.37. The SMILES string of the molecule is CC1CCCN(C(=O)C(C)(C)C(=O)N2CCc3ccccc32)C1. The van der Waals surface area contributed by atoms with Gasteiger partial charge in [-0.2, -0.15) is 0 Å². The Hall–Kier alpha value is -1.84. The molecule has 3 rings (SSSR count). The third-order valence-electron chi connectivity index (χ3n) is 5.15. The number of rotatable bonds is 2. The normalized spacial score (nSPS) is 21.3. The fraction of sp³-hybridized carbons (Fsp3) is 0.579. The number of para-hydroxylation sites is 1. The van der Waals surface area contributed by atoms with E-state index in [2.05, 4.69) is 13.0 Å². The highest BCUT2D eigenvalue weighted by Crippen LogP contribution is 2.33. The van der Waals surface area contributed by atoms with Crippen LogP contribution < -0.4 is 4.90 Å². The molecule has 1 saturated heterocycles. The third-order valence-corrected chi connectivity index (χ3v) is 5.15. The van der Waals surface area contributed by atoms with Crippen LogP contribution in [0.1, 0.15) is 39.2 Å². The molecule has 4 heteroatoms. The number of amides is 2. The maximum atomic E-state index is 13.1. The Morgan fingerprint density at radius 1 is 1.13 bits per heavy atom. The number of anilines is 1. The van der Waals surface area contributed by atoms with Crippen molar-refractivity contribution in [2.75, 3.05) is 24.5 Å². The van der Waals surface area contributed by atoms with Crippen molar-refractivity contribution in [2.45, 2.75) is 40.0 Å². The van der Waals surface area contributed by atoms with Crippen molar-refractivity contribution in [1.82, 2.24) is 4.90 Å². The summed E-state index contributed by atoms with van der Waals surface area (Å²) in [6, 6.07) is 7.98. The highest BCUT2D eigenvalue weighted by atomic mass is 16.2. The van der Waals surface area contributed by atoms with E-state index >= 15 is 0 Å². The summed E-state index contributed by atoms with van der Waals surface area (Å²) in [6.07, 6.45) is 3.06. The second-order valence-electron chi connectivity index (χ2n) is 7.46. The number of nitrogens with zero attached hydrogens (tertiary/aromatic N) is 2. The first-order valence-corrected chi connectivity index (χ1v) is 8.60. The lowest BCUT2D eigenvalue weighted by Crippen LogP contribution is -2.52. The van der Waals surface area contributed by atoms with E-state index < -0.39 is 5.41 Å². The number of likely N-dealkylation sites (tertiary alicyclic amines) is 1. The Morgan fingerprint density at radius 2 is 1.87 bits per heavy atom. The number of hydrogen-bond acceptors (Lipinski definition) is 2. The quantitative estimate of drug-likeness (QED) is 0.788. The Bertz CT molecular complexity index is 624. The molecule has 2 heterocycles. The van der Waals surface area contributed by atoms with Crippen molar-refractivity contribution in [2.24, 2.45) is 11.3 Å². The second-order valence-corrected chi connectivity index (χ2v) is 7.46. The Balaban J connectivity index is 1.79. The Morgan fingerprint density at radius 3 is 2.61 bits per heavy atom. The summed E-state index contributed by atoms with van der Waals surface area (Å²) in [5, 5.41) is 0. The molecule has 0 saturated carbocycles. The maximum absolute atomic E-state index is 13.1. The van der Waals surface area contributed by atoms with E-state index in [1.165, 1.54) is 5.56 Å². The van der Waals surface area contributed by atoms with Crippen molar-refractivity contribution >= 4 is 17.5 Å². The minimum atomic E-state index is -1.01. The highest BCUT2D eigenvalue weighted by molar-refractivity contribution is 6.11. The monoisotopic (exact) mass is 314 g/mol. The molecule has 23 heavy (non-hydrogen) atoms. The molecule has 2 aliphatic heterocycles. The topological polar surface area (TPSA) is 40.6 Å². The first-order valence-electron chi connectivity index (χ1n) is 8.60. The fourth-order valence-electron chi connectivity index (χ4n) is 3.75. The number of benzene rings is 1. The summed E-state index contributed by atoms with van der Waals surface area (Å²) in [6.45, 7) is 7.94. The minimum Gasteiger partial charge on any atom is -0.342 e. The van der Waals surface area contributed by atoms with Crippen molar-refractivity contribution in [3.05, 3.63) is 29.8 Å². The number of carbonyl (C=O) groups excluding carboxylic acids is 2. The number of piperidine rings is 1. The zero-order valence-corrected chi connectivity index (χ0v) is 14.3. The number of hydrogen-bond donors (Lipinski definition) is 0. The van der Waals surface area contributed by atoms with Crippen LogP contribution in [-0.2, 0) is 16.0 Å². The average Bonchev–Trinajstić information content (AvgIpc) is 2.97. The Labute approximate surface area is 138 Å². The first kappa shape index (κ1) is 16.0. The van der Waals surface area contributed by atoms with Gasteiger partial charge in [0.05, 0.1) is 0 Å². The standard InChI is InChI=1S/C19H26N2O2/c1-14-7-6-11-20(13-14)17(22)19(2,3)18(23)21-12-10-15-8-4-5-9-16(15)21/h4-5,8-9,14H,6-7,10-13H2,1-3H3. The molecule has 0 radical (unpaired) electrons. The Kier molecular flexibility index (Phi) is 4.17. The summed E-state index contributed by atoms with van der Waals surface area (Å²) in [5.74, 6) is 0.412. The summed E-state index contributed by atoms with van der Waals surface area (Å²) >= 11 is 0. The lowest BCUT2D eigenvalue weighted by molar-refractivity contribution is -0.148. The van der Waals surface area contributed by atoms with Gasteiger partial charge in [-0.1, -0.05) is 25.1 Å². The van der Waals surface area contributed by atoms with Crippen LogP contribution in [0.5, 0.6) is 0 Å². The predicted octanol–water partition coefficient (Wildman–Crippen LogP) is 2.86. The maximum Gasteiger partial charge on any atom is 0.242 e. The van der Waals surface area contributed by atoms with Gasteiger partial charge in [0.15, 0.2) is 0 Å². The van der Waals surface area contributed by atoms with E-state index in [-0.39, 0.29) is 11.8 Å². The van der Waals surface area contributed by atoms with Crippen molar-refractivity contribution in [3.8, 4) is 0 Å². The molecule has 0 N–H and O–H groups in total. The average molecular weight is 314 g/mol. The smallest absolute Gasteiger partial charge is 0.242 e. The molecule has 2 amide bonds. The molecule has 0 aliphatic carbocycles. The molecule has 1 atom stereocenters. The van der Waals surface area contributed by atoms with Gasteiger partial charge in [-0.3, -0.25) is 9.59 Å². The van der Waals surface area contributed by atoms with Crippen LogP contribution in [0, 0.1) is 11.3 Å². The molecular formula is C19H26N2O2. The third kappa shape index (κ3) is 2.87. The molecule has 4 nitrogen and oxygen atoms in total. The van der Waals surface area contributed by atoms with Gasteiger partial charge in [0.1, 0.15) is 5.41 Å². The van der Waals surface area contributed by atoms with Gasteiger partial charge in [-0.15, -0.1) is 0 Å². The van der Waals surface area contributed by atoms with Gasteiger partial charge in [0.25, 0.3) is 0 Å². The fourth-order valence-corrected chi connectivity index (χ4v) is 3.75. The van der Waals surface area contributed by atoms with Crippen molar-refractivity contribution < 1.29 is 9.59 Å². The van der Waals surface area contributed by atoms with E-state index in [9.17, 15) is 9.59 Å². The summed E-state index contributed by atoms with van der Waals surface area (Å²) < 4.78 is 0. The minimum absolute atomic E-state index is 0.0292. The van der Waals surface area contributed by atoms with Gasteiger partial charge in [-0.25, -0.2) is 0 Å². The van der Waals surface area contributed by atoms with Crippen molar-refractivity contribution in [3.63, 3.8) is 0 Å². The molecule has 124 valence electrons. The van der Waals surface area contributed by atoms with Crippen LogP contribution in [0.2, 0.25) is 0 Å². The van der Waals surface area contributed by atoms with E-state index in [0.717, 1.165) is 38.0 Å². The predicted molar refractivity (Wildman–Crippen MR) is 91.3 cm³/mol. The highest BCUT2D eigenvalue weighted by Gasteiger charge is 2.44. The van der Waals surface area contributed by atoms with Crippen LogP contribution in [0.25, 0.3) is 0 Å². The van der Waals surface area contributed by atoms with Gasteiger partial charge in [-0.05, 0) is 50.7 Å². The largest absolute Gasteiger partial charge is 0.342 e. The van der Waals surface area contributed by atoms with E-state index in [0.29, 0.717) is 12.5 Å². The zero-order valence-electron chi connectivity index (χ0n) is 14.3. The van der Waals surface area contributed by atoms with E-state index in [1.807, 2.05) is 23.1 Å². The summed E-state index contributed by atoms with van der Waals surface area (Å²) in [7, 11) is 0. The van der Waals surface area contributed by atoms with Crippen LogP contribution in [0.3, 0.4) is 0 Å². The van der Waals surface area contributed by atoms with Gasteiger partial charge >= 0.3 is 0 Å². The van der Waals surface area contributed by atoms with Gasteiger partial charge in [0.2, 0.25) is 11.8 Å². The zero-order chi connectivity index (χ0) is 16.6. The lowest BCUT2D eigenvalue weighted by atomic mass is 9.87. The van der Waals surface area contributed by atoms with Crippen LogP contribution in [0.15, 0.2) is 24.3 Å². The summed E-state index contributed by atoms with van der Waals surface area (Å²) in [4.78, 5) is 29.7. The molecule has 1 fully saturated rings. The van der Waals surface area contributed by atoms with E-state index in [1.54, 1.807) is 18.7 Å². The molecule has 2 aliphatic rings. The van der Waals surface area contributed by atoms with Crippen LogP contribution >= 0.6 is 0 Å². The van der Waals surface area contributed by atoms with Gasteiger partial charge in [0, 0.05) is 25.3 Å². The molecular weight excluding hydrogens is 288 g/mol. The van der Waals surface area contributed by atoms with Crippen LogP contribution in [-0.4, -0.2) is 36.3 Å². The van der Waals surface area contributed by atoms with Gasteiger partial charge < -0.3 is 9.80 Å². The first-order chi connectivity index (χ1) is 10.9. The molecule has 0 spiro atoms.